The average molecular weight is 283 g/mol. The van der Waals surface area contributed by atoms with Gasteiger partial charge < -0.3 is 14.3 Å². The van der Waals surface area contributed by atoms with E-state index in [2.05, 4.69) is 4.98 Å². The monoisotopic (exact) mass is 283 g/mol. The van der Waals surface area contributed by atoms with Crippen LogP contribution >= 0.6 is 0 Å². The van der Waals surface area contributed by atoms with Crippen molar-refractivity contribution in [2.24, 2.45) is 0 Å². The van der Waals surface area contributed by atoms with Crippen molar-refractivity contribution in [3.05, 3.63) is 18.7 Å². The molecule has 2 saturated heterocycles. The molecule has 3 heterocycles. The van der Waals surface area contributed by atoms with Crippen LogP contribution in [0.3, 0.4) is 0 Å². The van der Waals surface area contributed by atoms with E-state index in [9.17, 15) is 18.0 Å². The number of hydrogen-bond acceptors (Lipinski definition) is 5. The lowest BCUT2D eigenvalue weighted by atomic mass is 9.97. The summed E-state index contributed by atoms with van der Waals surface area (Å²) < 4.78 is 25.4. The highest BCUT2D eigenvalue weighted by Crippen LogP contribution is 2.45. The van der Waals surface area contributed by atoms with Gasteiger partial charge in [-0.15, -0.1) is 0 Å². The lowest BCUT2D eigenvalue weighted by molar-refractivity contribution is -0.146. The highest BCUT2D eigenvalue weighted by molar-refractivity contribution is 7.93. The molecule has 2 aliphatic rings. The molecule has 0 N–H and O–H groups in total. The van der Waals surface area contributed by atoms with E-state index >= 15 is 0 Å². The van der Waals surface area contributed by atoms with Crippen LogP contribution < -0.4 is 0 Å². The molecule has 0 spiro atoms. The van der Waals surface area contributed by atoms with Crippen molar-refractivity contribution < 1.29 is 18.0 Å². The zero-order valence-electron chi connectivity index (χ0n) is 10.3. The molecule has 0 saturated carbocycles. The second-order valence-corrected chi connectivity index (χ2v) is 7.70. The average Bonchev–Trinajstić information content (AvgIpc) is 2.87. The Balaban J connectivity index is 2.07. The van der Waals surface area contributed by atoms with Crippen LogP contribution in [0, 0.1) is 0 Å². The van der Waals surface area contributed by atoms with E-state index in [4.69, 9.17) is 0 Å². The zero-order valence-corrected chi connectivity index (χ0v) is 11.1. The fourth-order valence-electron chi connectivity index (χ4n) is 2.90. The summed E-state index contributed by atoms with van der Waals surface area (Å²) in [5, 5.41) is -0.844. The maximum absolute atomic E-state index is 12.5. The molecule has 19 heavy (non-hydrogen) atoms. The molecule has 0 radical (unpaired) electrons. The summed E-state index contributed by atoms with van der Waals surface area (Å²) in [4.78, 5) is 27.9. The highest BCUT2D eigenvalue weighted by Gasteiger charge is 2.67. The van der Waals surface area contributed by atoms with Crippen LogP contribution in [0.5, 0.6) is 0 Å². The third kappa shape index (κ3) is 1.37. The van der Waals surface area contributed by atoms with Crippen molar-refractivity contribution in [3.8, 4) is 0 Å². The molecule has 3 rings (SSSR count). The van der Waals surface area contributed by atoms with Gasteiger partial charge in [-0.25, -0.2) is 13.4 Å². The third-order valence-electron chi connectivity index (χ3n) is 4.07. The predicted octanol–water partition coefficient (Wildman–Crippen LogP) is -0.804. The molecule has 2 aliphatic heterocycles. The lowest BCUT2D eigenvalue weighted by Gasteiger charge is -2.35. The van der Waals surface area contributed by atoms with Crippen LogP contribution in [0.25, 0.3) is 0 Å². The number of fused-ring (bicyclic) bond motifs is 1. The number of aldehydes is 1. The van der Waals surface area contributed by atoms with Crippen molar-refractivity contribution in [1.82, 2.24) is 14.5 Å². The predicted molar refractivity (Wildman–Crippen MR) is 64.7 cm³/mol. The van der Waals surface area contributed by atoms with Gasteiger partial charge in [0.1, 0.15) is 22.4 Å². The van der Waals surface area contributed by atoms with E-state index in [1.54, 1.807) is 17.0 Å². The van der Waals surface area contributed by atoms with E-state index in [1.807, 2.05) is 0 Å². The fraction of sp³-hybridized carbons (Fsp3) is 0.545. The molecule has 1 unspecified atom stereocenters. The molecule has 0 aliphatic carbocycles. The van der Waals surface area contributed by atoms with E-state index in [-0.39, 0.29) is 18.9 Å². The smallest absolute Gasteiger partial charge is 0.227 e. The number of hydrogen-bond donors (Lipinski definition) is 0. The standard InChI is InChI=1S/C11H13N3O4S/c1-11(6-13-3-2-12-7-13)8(5-15)14-9(16)4-10(14)19(11,17)18/h2-3,5,7-8,10H,4,6H2,1H3/t8-,10?,11-/m0/s1. The number of sulfone groups is 1. The molecule has 3 atom stereocenters. The van der Waals surface area contributed by atoms with Crippen molar-refractivity contribution >= 4 is 22.0 Å². The molecule has 7 nitrogen and oxygen atoms in total. The number of rotatable bonds is 3. The van der Waals surface area contributed by atoms with E-state index in [1.165, 1.54) is 18.2 Å². The fourth-order valence-corrected chi connectivity index (χ4v) is 5.27. The molecule has 102 valence electrons. The van der Waals surface area contributed by atoms with E-state index in [0.717, 1.165) is 0 Å². The summed E-state index contributed by atoms with van der Waals surface area (Å²) in [5.74, 6) is -0.278. The van der Waals surface area contributed by atoms with Crippen molar-refractivity contribution in [2.75, 3.05) is 0 Å². The molecule has 0 bridgehead atoms. The number of imidazole rings is 1. The SMILES string of the molecule is C[C@]1(Cn2ccnc2)[C@H](C=O)N2C(=O)CC2S1(=O)=O. The van der Waals surface area contributed by atoms with Crippen LogP contribution in [-0.4, -0.2) is 51.2 Å². The van der Waals surface area contributed by atoms with Crippen molar-refractivity contribution in [2.45, 2.75) is 36.1 Å². The maximum Gasteiger partial charge on any atom is 0.227 e. The molecule has 1 aromatic rings. The second kappa shape index (κ2) is 3.66. The Morgan fingerprint density at radius 1 is 1.58 bits per heavy atom. The molecular formula is C11H13N3O4S. The van der Waals surface area contributed by atoms with Gasteiger partial charge in [0.05, 0.1) is 12.7 Å². The highest BCUT2D eigenvalue weighted by atomic mass is 32.2. The van der Waals surface area contributed by atoms with Gasteiger partial charge in [-0.05, 0) is 6.92 Å². The number of carbonyl (C=O) groups excluding carboxylic acids is 2. The van der Waals surface area contributed by atoms with Gasteiger partial charge in [-0.2, -0.15) is 0 Å². The summed E-state index contributed by atoms with van der Waals surface area (Å²) in [6, 6.07) is -0.925. The quantitative estimate of drug-likeness (QED) is 0.535. The number of β-lactam (4-membered cyclic amide) rings is 1. The zero-order chi connectivity index (χ0) is 13.8. The Kier molecular flexibility index (Phi) is 2.38. The first-order valence-corrected chi connectivity index (χ1v) is 7.42. The van der Waals surface area contributed by atoms with Crippen LogP contribution in [0.1, 0.15) is 13.3 Å². The van der Waals surface area contributed by atoms with Crippen molar-refractivity contribution in [1.29, 1.82) is 0 Å². The van der Waals surface area contributed by atoms with Gasteiger partial charge in [0.2, 0.25) is 5.91 Å². The van der Waals surface area contributed by atoms with Gasteiger partial charge in [0.25, 0.3) is 0 Å². The number of nitrogens with zero attached hydrogens (tertiary/aromatic N) is 3. The molecular weight excluding hydrogens is 270 g/mol. The normalized spacial score (nSPS) is 35.8. The van der Waals surface area contributed by atoms with Gasteiger partial charge in [0, 0.05) is 18.9 Å². The summed E-state index contributed by atoms with van der Waals surface area (Å²) in [5.41, 5.74) is 0. The Bertz CT molecular complexity index is 639. The van der Waals surface area contributed by atoms with Crippen LogP contribution in [-0.2, 0) is 26.0 Å². The topological polar surface area (TPSA) is 89.3 Å². The van der Waals surface area contributed by atoms with Gasteiger partial charge >= 0.3 is 0 Å². The summed E-state index contributed by atoms with van der Waals surface area (Å²) in [7, 11) is -3.57. The summed E-state index contributed by atoms with van der Waals surface area (Å²) in [6.07, 6.45) is 5.22. The molecule has 1 aromatic heterocycles. The number of aromatic nitrogens is 2. The molecule has 8 heteroatoms. The number of amides is 1. The minimum Gasteiger partial charge on any atom is -0.336 e. The van der Waals surface area contributed by atoms with E-state index < -0.39 is 26.0 Å². The van der Waals surface area contributed by atoms with Crippen LogP contribution in [0.2, 0.25) is 0 Å². The Morgan fingerprint density at radius 3 is 2.84 bits per heavy atom. The first kappa shape index (κ1) is 12.3. The van der Waals surface area contributed by atoms with Crippen molar-refractivity contribution in [3.63, 3.8) is 0 Å². The van der Waals surface area contributed by atoms with E-state index in [0.29, 0.717) is 6.29 Å². The minimum absolute atomic E-state index is 0.0216. The minimum atomic E-state index is -3.57. The Morgan fingerprint density at radius 2 is 2.32 bits per heavy atom. The maximum atomic E-state index is 12.5. The van der Waals surface area contributed by atoms with Gasteiger partial charge in [-0.1, -0.05) is 0 Å². The summed E-state index contributed by atoms with van der Waals surface area (Å²) >= 11 is 0. The molecule has 2 fully saturated rings. The lowest BCUT2D eigenvalue weighted by Crippen LogP contribution is -2.55. The van der Waals surface area contributed by atoms with Gasteiger partial charge in [0.15, 0.2) is 9.84 Å². The third-order valence-corrected chi connectivity index (χ3v) is 6.85. The first-order valence-electron chi connectivity index (χ1n) is 5.87. The molecule has 0 aromatic carbocycles. The Labute approximate surface area is 110 Å². The second-order valence-electron chi connectivity index (χ2n) is 5.13. The first-order chi connectivity index (χ1) is 8.91. The number of carbonyl (C=O) groups is 2. The Hall–Kier alpha value is -1.70. The molecule has 1 amide bonds. The van der Waals surface area contributed by atoms with Crippen LogP contribution in [0.4, 0.5) is 0 Å². The summed E-state index contributed by atoms with van der Waals surface area (Å²) in [6.45, 7) is 1.63. The van der Waals surface area contributed by atoms with Gasteiger partial charge in [-0.3, -0.25) is 4.79 Å². The largest absolute Gasteiger partial charge is 0.336 e. The van der Waals surface area contributed by atoms with Crippen LogP contribution in [0.15, 0.2) is 18.7 Å².